The molecule has 0 aliphatic carbocycles. The molecule has 4 rings (SSSR count). The van der Waals surface area contributed by atoms with Crippen LogP contribution in [0.15, 0.2) is 30.3 Å². The molecule has 1 fully saturated rings. The number of cyclic esters (lactones) is 1. The van der Waals surface area contributed by atoms with E-state index in [-0.39, 0.29) is 30.3 Å². The fourth-order valence-corrected chi connectivity index (χ4v) is 3.47. The quantitative estimate of drug-likeness (QED) is 0.474. The number of hydrogen-bond acceptors (Lipinski definition) is 7. The second-order valence-electron chi connectivity index (χ2n) is 7.40. The third-order valence-corrected chi connectivity index (χ3v) is 5.17. The molecule has 1 aromatic heterocycles. The minimum absolute atomic E-state index is 0.0606. The van der Waals surface area contributed by atoms with Gasteiger partial charge in [-0.3, -0.25) is 14.5 Å². The number of benzene rings is 1. The number of aromatic nitrogens is 1. The predicted octanol–water partition coefficient (Wildman–Crippen LogP) is 1.84. The number of carbonyl (C=O) groups excluding carboxylic acids is 3. The molecule has 0 unspecified atom stereocenters. The molecule has 2 aliphatic rings. The van der Waals surface area contributed by atoms with Gasteiger partial charge in [-0.2, -0.15) is 0 Å². The smallest absolute Gasteiger partial charge is 0.415 e. The number of carbonyl (C=O) groups is 3. The number of rotatable bonds is 6. The van der Waals surface area contributed by atoms with Crippen molar-refractivity contribution in [3.8, 4) is 5.75 Å². The number of anilines is 3. The molecule has 162 valence electrons. The molecule has 10 nitrogen and oxygen atoms in total. The van der Waals surface area contributed by atoms with Gasteiger partial charge in [0, 0.05) is 12.2 Å². The lowest BCUT2D eigenvalue weighted by molar-refractivity contribution is -0.118. The molecule has 3 amide bonds. The summed E-state index contributed by atoms with van der Waals surface area (Å²) in [6.45, 7) is 2.55. The molecular formula is C21H23N5O5. The molecule has 0 radical (unpaired) electrons. The van der Waals surface area contributed by atoms with E-state index in [1.807, 2.05) is 13.0 Å². The van der Waals surface area contributed by atoms with E-state index in [1.165, 1.54) is 4.90 Å². The Morgan fingerprint density at radius 1 is 1.32 bits per heavy atom. The fourth-order valence-electron chi connectivity index (χ4n) is 3.47. The van der Waals surface area contributed by atoms with Gasteiger partial charge in [-0.25, -0.2) is 9.78 Å². The van der Waals surface area contributed by atoms with Crippen LogP contribution in [0.1, 0.15) is 28.8 Å². The Balaban J connectivity index is 1.28. The lowest BCUT2D eigenvalue weighted by atomic mass is 10.1. The zero-order valence-electron chi connectivity index (χ0n) is 17.0. The first-order valence-electron chi connectivity index (χ1n) is 9.97. The monoisotopic (exact) mass is 425 g/mol. The van der Waals surface area contributed by atoms with Crippen molar-refractivity contribution >= 4 is 35.2 Å². The van der Waals surface area contributed by atoms with E-state index in [2.05, 4.69) is 15.6 Å². The maximum Gasteiger partial charge on any atom is 0.415 e. The maximum absolute atomic E-state index is 12.3. The number of aryl methyl sites for hydroxylation is 1. The molecule has 10 heteroatoms. The molecule has 2 aromatic rings. The number of nitrogens with zero attached hydrogens (tertiary/aromatic N) is 2. The molecule has 1 aromatic carbocycles. The van der Waals surface area contributed by atoms with E-state index in [1.54, 1.807) is 24.3 Å². The van der Waals surface area contributed by atoms with E-state index in [9.17, 15) is 14.4 Å². The Kier molecular flexibility index (Phi) is 5.61. The summed E-state index contributed by atoms with van der Waals surface area (Å²) < 4.78 is 10.7. The molecule has 1 atom stereocenters. The molecule has 3 heterocycles. The van der Waals surface area contributed by atoms with E-state index in [0.29, 0.717) is 48.7 Å². The van der Waals surface area contributed by atoms with Crippen molar-refractivity contribution < 1.29 is 23.9 Å². The van der Waals surface area contributed by atoms with E-state index in [0.717, 1.165) is 5.56 Å². The van der Waals surface area contributed by atoms with Gasteiger partial charge in [0.25, 0.3) is 11.8 Å². The standard InChI is InChI=1S/C21H23N5O5/c1-12-4-2-6-14(18(12)22)20(28)23-9-3-5-13-10-26(21(29)31-13)16-8-7-15-19(24-16)25-17(27)11-30-15/h2,4,6-8,13H,3,5,9-11,22H2,1H3,(H,23,28)(H,24,25,27)/t13-/m1/s1. The van der Waals surface area contributed by atoms with Crippen molar-refractivity contribution in [3.63, 3.8) is 0 Å². The zero-order valence-corrected chi connectivity index (χ0v) is 17.0. The van der Waals surface area contributed by atoms with Crippen LogP contribution in [0.3, 0.4) is 0 Å². The first kappa shape index (κ1) is 20.5. The summed E-state index contributed by atoms with van der Waals surface area (Å²) in [7, 11) is 0. The van der Waals surface area contributed by atoms with Crippen LogP contribution >= 0.6 is 0 Å². The molecule has 4 N–H and O–H groups in total. The molecule has 1 saturated heterocycles. The highest BCUT2D eigenvalue weighted by atomic mass is 16.6. The van der Waals surface area contributed by atoms with Crippen molar-refractivity contribution in [2.45, 2.75) is 25.9 Å². The van der Waals surface area contributed by atoms with Crippen molar-refractivity contribution in [3.05, 3.63) is 41.5 Å². The van der Waals surface area contributed by atoms with Gasteiger partial charge in [-0.05, 0) is 43.5 Å². The summed E-state index contributed by atoms with van der Waals surface area (Å²) in [6, 6.07) is 8.63. The van der Waals surface area contributed by atoms with Crippen LogP contribution in [0.2, 0.25) is 0 Å². The molecule has 0 spiro atoms. The lowest BCUT2D eigenvalue weighted by Crippen LogP contribution is -2.29. The summed E-state index contributed by atoms with van der Waals surface area (Å²) >= 11 is 0. The third-order valence-electron chi connectivity index (χ3n) is 5.17. The predicted molar refractivity (Wildman–Crippen MR) is 113 cm³/mol. The second-order valence-corrected chi connectivity index (χ2v) is 7.40. The van der Waals surface area contributed by atoms with Crippen LogP contribution < -0.4 is 26.0 Å². The number of nitrogens with one attached hydrogen (secondary N) is 2. The van der Waals surface area contributed by atoms with Gasteiger partial charge in [0.1, 0.15) is 11.9 Å². The number of nitrogen functional groups attached to an aromatic ring is 1. The van der Waals surface area contributed by atoms with Gasteiger partial charge in [-0.15, -0.1) is 0 Å². The van der Waals surface area contributed by atoms with Crippen LogP contribution in [0.4, 0.5) is 22.1 Å². The van der Waals surface area contributed by atoms with Crippen LogP contribution in [0.5, 0.6) is 5.75 Å². The summed E-state index contributed by atoms with van der Waals surface area (Å²) in [4.78, 5) is 41.8. The van der Waals surface area contributed by atoms with Crippen molar-refractivity contribution in [2.24, 2.45) is 0 Å². The third kappa shape index (κ3) is 4.37. The number of hydrogen-bond donors (Lipinski definition) is 3. The minimum atomic E-state index is -0.503. The highest BCUT2D eigenvalue weighted by molar-refractivity contribution is 5.99. The summed E-state index contributed by atoms with van der Waals surface area (Å²) in [5, 5.41) is 5.46. The Labute approximate surface area is 178 Å². The topological polar surface area (TPSA) is 136 Å². The fraction of sp³-hybridized carbons (Fsp3) is 0.333. The number of ether oxygens (including phenoxy) is 2. The Morgan fingerprint density at radius 3 is 3.00 bits per heavy atom. The van der Waals surface area contributed by atoms with Gasteiger partial charge in [-0.1, -0.05) is 12.1 Å². The van der Waals surface area contributed by atoms with Crippen molar-refractivity contribution in [2.75, 3.05) is 35.6 Å². The molecule has 2 aliphatic heterocycles. The van der Waals surface area contributed by atoms with Crippen LogP contribution in [0, 0.1) is 6.92 Å². The highest BCUT2D eigenvalue weighted by Gasteiger charge is 2.33. The Morgan fingerprint density at radius 2 is 2.16 bits per heavy atom. The van der Waals surface area contributed by atoms with E-state index < -0.39 is 6.09 Å². The number of amides is 3. The van der Waals surface area contributed by atoms with E-state index >= 15 is 0 Å². The largest absolute Gasteiger partial charge is 0.480 e. The summed E-state index contributed by atoms with van der Waals surface area (Å²) in [5.74, 6) is 0.586. The molecule has 0 saturated carbocycles. The second kappa shape index (κ2) is 8.50. The van der Waals surface area contributed by atoms with Crippen molar-refractivity contribution in [1.82, 2.24) is 10.3 Å². The van der Waals surface area contributed by atoms with Crippen molar-refractivity contribution in [1.29, 1.82) is 0 Å². The molecular weight excluding hydrogens is 402 g/mol. The number of para-hydroxylation sites is 1. The Bertz CT molecular complexity index is 1040. The number of nitrogens with two attached hydrogens (primary N) is 1. The zero-order chi connectivity index (χ0) is 22.0. The first-order chi connectivity index (χ1) is 14.9. The van der Waals surface area contributed by atoms with Gasteiger partial charge in [0.15, 0.2) is 18.2 Å². The molecule has 31 heavy (non-hydrogen) atoms. The average molecular weight is 425 g/mol. The average Bonchev–Trinajstić information content (AvgIpc) is 3.13. The summed E-state index contributed by atoms with van der Waals surface area (Å²) in [6.07, 6.45) is 0.385. The highest BCUT2D eigenvalue weighted by Crippen LogP contribution is 2.30. The number of fused-ring (bicyclic) bond motifs is 1. The van der Waals surface area contributed by atoms with Crippen LogP contribution in [-0.2, 0) is 9.53 Å². The van der Waals surface area contributed by atoms with Crippen LogP contribution in [-0.4, -0.2) is 48.7 Å². The minimum Gasteiger partial charge on any atom is -0.480 e. The van der Waals surface area contributed by atoms with Gasteiger partial charge < -0.3 is 25.8 Å². The van der Waals surface area contributed by atoms with Gasteiger partial charge in [0.05, 0.1) is 12.1 Å². The maximum atomic E-state index is 12.3. The Hall–Kier alpha value is -3.82. The van der Waals surface area contributed by atoms with E-state index in [4.69, 9.17) is 15.2 Å². The van der Waals surface area contributed by atoms with Crippen LogP contribution in [0.25, 0.3) is 0 Å². The molecule has 0 bridgehead atoms. The number of pyridine rings is 1. The normalized spacial score (nSPS) is 17.5. The lowest BCUT2D eigenvalue weighted by Gasteiger charge is -2.19. The first-order valence-corrected chi connectivity index (χ1v) is 9.97. The summed E-state index contributed by atoms with van der Waals surface area (Å²) in [5.41, 5.74) is 7.74. The van der Waals surface area contributed by atoms with Gasteiger partial charge in [0.2, 0.25) is 0 Å². The van der Waals surface area contributed by atoms with Gasteiger partial charge >= 0.3 is 6.09 Å². The SMILES string of the molecule is Cc1cccc(C(=O)NCCC[C@@H]2CN(c3ccc4c(n3)NC(=O)CO4)C(=O)O2)c1N.